The van der Waals surface area contributed by atoms with Gasteiger partial charge in [-0.15, -0.1) is 0 Å². The Morgan fingerprint density at radius 2 is 2.30 bits per heavy atom. The lowest BCUT2D eigenvalue weighted by atomic mass is 10.0. The Hall–Kier alpha value is -2.15. The predicted octanol–water partition coefficient (Wildman–Crippen LogP) is 1.19. The van der Waals surface area contributed by atoms with Gasteiger partial charge in [0.25, 0.3) is 5.91 Å². The zero-order valence-corrected chi connectivity index (χ0v) is 13.3. The third kappa shape index (κ3) is 2.65. The molecule has 2 saturated heterocycles. The maximum Gasteiger partial charge on any atom is 0.270 e. The van der Waals surface area contributed by atoms with Crippen molar-refractivity contribution in [2.24, 2.45) is 13.0 Å². The molecule has 2 aliphatic heterocycles. The van der Waals surface area contributed by atoms with Crippen molar-refractivity contribution in [1.82, 2.24) is 19.6 Å². The summed E-state index contributed by atoms with van der Waals surface area (Å²) in [7, 11) is 1.89. The van der Waals surface area contributed by atoms with Gasteiger partial charge in [0.15, 0.2) is 5.82 Å². The summed E-state index contributed by atoms with van der Waals surface area (Å²) >= 11 is 0. The first kappa shape index (κ1) is 14.4. The smallest absolute Gasteiger partial charge is 0.270 e. The molecule has 7 nitrogen and oxygen atoms in total. The van der Waals surface area contributed by atoms with Crippen LogP contribution >= 0.6 is 0 Å². The number of hydrogen-bond acceptors (Lipinski definition) is 5. The quantitative estimate of drug-likeness (QED) is 0.850. The number of rotatable bonds is 3. The maximum absolute atomic E-state index is 12.6. The highest BCUT2D eigenvalue weighted by molar-refractivity contribution is 5.93. The summed E-state index contributed by atoms with van der Waals surface area (Å²) in [5.74, 6) is 1.76. The minimum atomic E-state index is 0.0829. The molecule has 23 heavy (non-hydrogen) atoms. The van der Waals surface area contributed by atoms with E-state index < -0.39 is 0 Å². The van der Waals surface area contributed by atoms with Gasteiger partial charge in [0.05, 0.1) is 18.6 Å². The lowest BCUT2D eigenvalue weighted by Crippen LogP contribution is -2.32. The minimum Gasteiger partial charge on any atom is -0.372 e. The normalized spacial score (nSPS) is 26.7. The molecule has 0 saturated carbocycles. The molecule has 1 amide bonds. The molecule has 4 heterocycles. The van der Waals surface area contributed by atoms with Crippen LogP contribution < -0.4 is 0 Å². The average Bonchev–Trinajstić information content (AvgIpc) is 3.23. The molecule has 0 N–H and O–H groups in total. The molecule has 2 aromatic rings. The fourth-order valence-corrected chi connectivity index (χ4v) is 3.62. The van der Waals surface area contributed by atoms with Crippen LogP contribution in [0.25, 0.3) is 0 Å². The molecule has 0 bridgehead atoms. The number of amides is 1. The molecule has 7 heteroatoms. The van der Waals surface area contributed by atoms with Crippen LogP contribution in [0.4, 0.5) is 0 Å². The number of aryl methyl sites for hydroxylation is 2. The van der Waals surface area contributed by atoms with E-state index in [1.165, 1.54) is 0 Å². The second-order valence-corrected chi connectivity index (χ2v) is 6.45. The molecule has 0 radical (unpaired) electrons. The zero-order valence-electron chi connectivity index (χ0n) is 13.3. The summed E-state index contributed by atoms with van der Waals surface area (Å²) in [5.41, 5.74) is 0.725. The number of nitrogens with zero attached hydrogens (tertiary/aromatic N) is 4. The van der Waals surface area contributed by atoms with E-state index in [0.717, 1.165) is 18.7 Å². The van der Waals surface area contributed by atoms with Crippen LogP contribution in [0, 0.1) is 12.8 Å². The van der Waals surface area contributed by atoms with Crippen LogP contribution in [-0.4, -0.2) is 50.8 Å². The van der Waals surface area contributed by atoms with E-state index in [1.807, 2.05) is 41.8 Å². The van der Waals surface area contributed by atoms with Gasteiger partial charge in [0.2, 0.25) is 5.89 Å². The summed E-state index contributed by atoms with van der Waals surface area (Å²) in [4.78, 5) is 18.7. The third-order valence-corrected chi connectivity index (χ3v) is 4.74. The van der Waals surface area contributed by atoms with Crippen LogP contribution in [-0.2, 0) is 18.2 Å². The lowest BCUT2D eigenvalue weighted by molar-refractivity contribution is 0.0328. The van der Waals surface area contributed by atoms with Crippen molar-refractivity contribution in [3.05, 3.63) is 35.7 Å². The Bertz CT molecular complexity index is 708. The van der Waals surface area contributed by atoms with Gasteiger partial charge in [0, 0.05) is 32.3 Å². The van der Waals surface area contributed by atoms with Crippen LogP contribution in [0.3, 0.4) is 0 Å². The minimum absolute atomic E-state index is 0.0829. The fraction of sp³-hybridized carbons (Fsp3) is 0.562. The van der Waals surface area contributed by atoms with Crippen molar-refractivity contribution in [2.75, 3.05) is 13.1 Å². The van der Waals surface area contributed by atoms with Gasteiger partial charge in [-0.3, -0.25) is 4.79 Å². The van der Waals surface area contributed by atoms with Gasteiger partial charge in [-0.2, -0.15) is 4.98 Å². The van der Waals surface area contributed by atoms with E-state index >= 15 is 0 Å². The average molecular weight is 316 g/mol. The number of ether oxygens (including phenoxy) is 1. The van der Waals surface area contributed by atoms with Crippen LogP contribution in [0.1, 0.15) is 28.6 Å². The van der Waals surface area contributed by atoms with E-state index in [1.54, 1.807) is 0 Å². The van der Waals surface area contributed by atoms with Crippen molar-refractivity contribution in [3.8, 4) is 0 Å². The van der Waals surface area contributed by atoms with Crippen LogP contribution in [0.15, 0.2) is 22.9 Å². The van der Waals surface area contributed by atoms with Crippen molar-refractivity contribution in [2.45, 2.75) is 32.0 Å². The summed E-state index contributed by atoms with van der Waals surface area (Å²) in [6.45, 7) is 3.23. The Kier molecular flexibility index (Phi) is 3.45. The maximum atomic E-state index is 12.6. The highest BCUT2D eigenvalue weighted by Gasteiger charge is 2.44. The number of carbonyl (C=O) groups excluding carboxylic acids is 1. The number of likely N-dealkylation sites (tertiary alicyclic amines) is 1. The van der Waals surface area contributed by atoms with E-state index in [-0.39, 0.29) is 18.1 Å². The van der Waals surface area contributed by atoms with Gasteiger partial charge in [-0.25, -0.2) is 0 Å². The SMILES string of the molecule is Cc1noc(C[C@H]2C[C@H]3CN(C(=O)c4cccn4C)C[C@H]3O2)n1. The van der Waals surface area contributed by atoms with E-state index in [9.17, 15) is 4.79 Å². The summed E-state index contributed by atoms with van der Waals surface area (Å²) in [5, 5.41) is 3.81. The Morgan fingerprint density at radius 1 is 1.43 bits per heavy atom. The first-order chi connectivity index (χ1) is 11.1. The van der Waals surface area contributed by atoms with E-state index in [0.29, 0.717) is 30.6 Å². The lowest BCUT2D eigenvalue weighted by Gasteiger charge is -2.19. The molecular weight excluding hydrogens is 296 g/mol. The monoisotopic (exact) mass is 316 g/mol. The van der Waals surface area contributed by atoms with Crippen molar-refractivity contribution >= 4 is 5.91 Å². The molecule has 0 aliphatic carbocycles. The molecule has 2 aromatic heterocycles. The standard InChI is InChI=1S/C16H20N4O3/c1-10-17-15(23-18-10)7-12-6-11-8-20(9-14(11)22-12)16(21)13-4-3-5-19(13)2/h3-5,11-12,14H,6-9H2,1-2H3/t11-,12+,14+/m0/s1. The van der Waals surface area contributed by atoms with Crippen molar-refractivity contribution in [3.63, 3.8) is 0 Å². The molecule has 2 aliphatic rings. The van der Waals surface area contributed by atoms with Gasteiger partial charge in [0.1, 0.15) is 5.69 Å². The Morgan fingerprint density at radius 3 is 2.96 bits per heavy atom. The van der Waals surface area contributed by atoms with Crippen LogP contribution in [0.2, 0.25) is 0 Å². The molecule has 0 spiro atoms. The van der Waals surface area contributed by atoms with Crippen LogP contribution in [0.5, 0.6) is 0 Å². The van der Waals surface area contributed by atoms with Crippen molar-refractivity contribution < 1.29 is 14.1 Å². The van der Waals surface area contributed by atoms with Gasteiger partial charge in [-0.05, 0) is 25.5 Å². The number of carbonyl (C=O) groups is 1. The molecule has 122 valence electrons. The van der Waals surface area contributed by atoms with E-state index in [2.05, 4.69) is 10.1 Å². The van der Waals surface area contributed by atoms with Gasteiger partial charge >= 0.3 is 0 Å². The van der Waals surface area contributed by atoms with E-state index in [4.69, 9.17) is 9.26 Å². The molecular formula is C16H20N4O3. The molecule has 4 rings (SSSR count). The fourth-order valence-electron chi connectivity index (χ4n) is 3.62. The summed E-state index contributed by atoms with van der Waals surface area (Å²) < 4.78 is 13.1. The first-order valence-electron chi connectivity index (χ1n) is 7.95. The predicted molar refractivity (Wildman–Crippen MR) is 80.8 cm³/mol. The number of hydrogen-bond donors (Lipinski definition) is 0. The highest BCUT2D eigenvalue weighted by atomic mass is 16.5. The molecule has 3 atom stereocenters. The van der Waals surface area contributed by atoms with Gasteiger partial charge < -0.3 is 18.7 Å². The third-order valence-electron chi connectivity index (χ3n) is 4.74. The van der Waals surface area contributed by atoms with Crippen molar-refractivity contribution in [1.29, 1.82) is 0 Å². The zero-order chi connectivity index (χ0) is 16.0. The summed E-state index contributed by atoms with van der Waals surface area (Å²) in [6, 6.07) is 3.75. The van der Waals surface area contributed by atoms with Gasteiger partial charge in [-0.1, -0.05) is 5.16 Å². The Labute approximate surface area is 134 Å². The Balaban J connectivity index is 1.36. The topological polar surface area (TPSA) is 73.4 Å². The second-order valence-electron chi connectivity index (χ2n) is 6.45. The number of fused-ring (bicyclic) bond motifs is 1. The first-order valence-corrected chi connectivity index (χ1v) is 7.95. The highest BCUT2D eigenvalue weighted by Crippen LogP contribution is 2.34. The molecule has 2 fully saturated rings. The molecule has 0 aromatic carbocycles. The second kappa shape index (κ2) is 5.49. The summed E-state index contributed by atoms with van der Waals surface area (Å²) in [6.07, 6.45) is 3.71. The largest absolute Gasteiger partial charge is 0.372 e. The number of aromatic nitrogens is 3. The molecule has 0 unspecified atom stereocenters.